The number of ether oxygens (including phenoxy) is 3. The first-order valence-corrected chi connectivity index (χ1v) is 6.96. The third-order valence-corrected chi connectivity index (χ3v) is 3.24. The highest BCUT2D eigenvalue weighted by Crippen LogP contribution is 2.32. The lowest BCUT2D eigenvalue weighted by Crippen LogP contribution is -2.16. The van der Waals surface area contributed by atoms with Crippen LogP contribution in [0.4, 0.5) is 0 Å². The van der Waals surface area contributed by atoms with Gasteiger partial charge in [-0.15, -0.1) is 0 Å². The maximum absolute atomic E-state index is 12.7. The Bertz CT molecular complexity index is 664. The van der Waals surface area contributed by atoms with Crippen molar-refractivity contribution in [2.75, 3.05) is 19.8 Å². The molecule has 0 saturated heterocycles. The molecule has 2 aromatic rings. The van der Waals surface area contributed by atoms with Gasteiger partial charge in [0.25, 0.3) is 0 Å². The Hall–Kier alpha value is -2.49. The normalized spacial score (nSPS) is 12.8. The summed E-state index contributed by atoms with van der Waals surface area (Å²) in [6.45, 7) is 3.45. The van der Waals surface area contributed by atoms with Gasteiger partial charge in [-0.3, -0.25) is 4.79 Å². The highest BCUT2D eigenvalue weighted by atomic mass is 16.6. The summed E-state index contributed by atoms with van der Waals surface area (Å²) in [7, 11) is 0. The molecule has 4 nitrogen and oxygen atoms in total. The van der Waals surface area contributed by atoms with Gasteiger partial charge in [-0.25, -0.2) is 0 Å². The zero-order valence-electron chi connectivity index (χ0n) is 11.8. The Morgan fingerprint density at radius 2 is 1.86 bits per heavy atom. The molecule has 0 atom stereocenters. The second kappa shape index (κ2) is 5.87. The van der Waals surface area contributed by atoms with Crippen molar-refractivity contribution in [1.82, 2.24) is 0 Å². The van der Waals surface area contributed by atoms with Crippen molar-refractivity contribution in [3.05, 3.63) is 53.6 Å². The van der Waals surface area contributed by atoms with Gasteiger partial charge in [-0.1, -0.05) is 12.1 Å². The second-order valence-electron chi connectivity index (χ2n) is 4.62. The number of hydrogen-bond donors (Lipinski definition) is 0. The summed E-state index contributed by atoms with van der Waals surface area (Å²) < 4.78 is 16.5. The summed E-state index contributed by atoms with van der Waals surface area (Å²) >= 11 is 0. The number of ketones is 1. The largest absolute Gasteiger partial charge is 0.493 e. The molecule has 4 heteroatoms. The molecule has 0 N–H and O–H groups in total. The van der Waals surface area contributed by atoms with Crippen molar-refractivity contribution in [3.63, 3.8) is 0 Å². The lowest BCUT2D eigenvalue weighted by molar-refractivity contribution is 0.103. The van der Waals surface area contributed by atoms with E-state index in [1.54, 1.807) is 30.3 Å². The first-order valence-electron chi connectivity index (χ1n) is 6.96. The first-order chi connectivity index (χ1) is 10.3. The predicted octanol–water partition coefficient (Wildman–Crippen LogP) is 3.09. The highest BCUT2D eigenvalue weighted by molar-refractivity contribution is 6.11. The van der Waals surface area contributed by atoms with Crippen LogP contribution in [0.5, 0.6) is 17.2 Å². The van der Waals surface area contributed by atoms with Crippen LogP contribution in [-0.2, 0) is 0 Å². The minimum absolute atomic E-state index is 0.0870. The van der Waals surface area contributed by atoms with Crippen LogP contribution in [0.25, 0.3) is 0 Å². The smallest absolute Gasteiger partial charge is 0.196 e. The molecule has 0 radical (unpaired) electrons. The number of fused-ring (bicyclic) bond motifs is 1. The quantitative estimate of drug-likeness (QED) is 0.809. The second-order valence-corrected chi connectivity index (χ2v) is 4.62. The van der Waals surface area contributed by atoms with E-state index in [9.17, 15) is 4.79 Å². The van der Waals surface area contributed by atoms with E-state index in [1.165, 1.54) is 0 Å². The van der Waals surface area contributed by atoms with E-state index in [2.05, 4.69) is 0 Å². The molecule has 0 bridgehead atoms. The van der Waals surface area contributed by atoms with Crippen LogP contribution in [0.15, 0.2) is 42.5 Å². The van der Waals surface area contributed by atoms with E-state index in [1.807, 2.05) is 19.1 Å². The molecule has 0 aliphatic carbocycles. The van der Waals surface area contributed by atoms with Crippen LogP contribution in [0.2, 0.25) is 0 Å². The maximum Gasteiger partial charge on any atom is 0.196 e. The molecule has 0 unspecified atom stereocenters. The summed E-state index contributed by atoms with van der Waals surface area (Å²) in [6.07, 6.45) is 0. The molecule has 0 amide bonds. The maximum atomic E-state index is 12.7. The van der Waals surface area contributed by atoms with Gasteiger partial charge in [-0.2, -0.15) is 0 Å². The number of benzene rings is 2. The summed E-state index contributed by atoms with van der Waals surface area (Å²) in [6, 6.07) is 12.5. The van der Waals surface area contributed by atoms with Crippen LogP contribution in [0, 0.1) is 0 Å². The average molecular weight is 284 g/mol. The third kappa shape index (κ3) is 2.70. The SMILES string of the molecule is CCOc1ccccc1C(=O)c1ccc2c(c1)OCCO2. The Labute approximate surface area is 123 Å². The molecule has 0 aromatic heterocycles. The molecule has 2 aromatic carbocycles. The van der Waals surface area contributed by atoms with E-state index in [4.69, 9.17) is 14.2 Å². The summed E-state index contributed by atoms with van der Waals surface area (Å²) in [5.74, 6) is 1.80. The summed E-state index contributed by atoms with van der Waals surface area (Å²) in [5.41, 5.74) is 1.11. The van der Waals surface area contributed by atoms with Crippen LogP contribution >= 0.6 is 0 Å². The number of hydrogen-bond acceptors (Lipinski definition) is 4. The Morgan fingerprint density at radius 3 is 2.67 bits per heavy atom. The van der Waals surface area contributed by atoms with Crippen molar-refractivity contribution < 1.29 is 19.0 Å². The molecule has 1 aliphatic heterocycles. The number of rotatable bonds is 4. The molecule has 0 saturated carbocycles. The minimum Gasteiger partial charge on any atom is -0.493 e. The molecule has 3 rings (SSSR count). The molecular formula is C17H16O4. The van der Waals surface area contributed by atoms with Crippen molar-refractivity contribution in [1.29, 1.82) is 0 Å². The average Bonchev–Trinajstić information content (AvgIpc) is 2.54. The van der Waals surface area contributed by atoms with Crippen LogP contribution in [0.3, 0.4) is 0 Å². The Kier molecular flexibility index (Phi) is 3.77. The predicted molar refractivity (Wildman–Crippen MR) is 78.5 cm³/mol. The molecule has 0 fully saturated rings. The Morgan fingerprint density at radius 1 is 1.10 bits per heavy atom. The molecule has 21 heavy (non-hydrogen) atoms. The van der Waals surface area contributed by atoms with Gasteiger partial charge in [0.1, 0.15) is 19.0 Å². The van der Waals surface area contributed by atoms with Crippen LogP contribution in [-0.4, -0.2) is 25.6 Å². The molecule has 1 heterocycles. The summed E-state index contributed by atoms with van der Waals surface area (Å²) in [5, 5.41) is 0. The van der Waals surface area contributed by atoms with Crippen molar-refractivity contribution >= 4 is 5.78 Å². The van der Waals surface area contributed by atoms with Gasteiger partial charge in [0.15, 0.2) is 17.3 Å². The monoisotopic (exact) mass is 284 g/mol. The van der Waals surface area contributed by atoms with Gasteiger partial charge in [0.05, 0.1) is 12.2 Å². The van der Waals surface area contributed by atoms with Crippen LogP contribution < -0.4 is 14.2 Å². The molecule has 1 aliphatic rings. The zero-order valence-corrected chi connectivity index (χ0v) is 11.8. The first kappa shape index (κ1) is 13.5. The van der Waals surface area contributed by atoms with E-state index in [0.717, 1.165) is 0 Å². The van der Waals surface area contributed by atoms with Crippen molar-refractivity contribution in [2.24, 2.45) is 0 Å². The lowest BCUT2D eigenvalue weighted by Gasteiger charge is -2.18. The highest BCUT2D eigenvalue weighted by Gasteiger charge is 2.18. The standard InChI is InChI=1S/C17H16O4/c1-2-19-14-6-4-3-5-13(14)17(18)12-7-8-15-16(11-12)21-10-9-20-15/h3-8,11H,2,9-10H2,1H3. The molecular weight excluding hydrogens is 268 g/mol. The van der Waals surface area contributed by atoms with Gasteiger partial charge in [-0.05, 0) is 37.3 Å². The van der Waals surface area contributed by atoms with E-state index >= 15 is 0 Å². The van der Waals surface area contributed by atoms with Gasteiger partial charge in [0.2, 0.25) is 0 Å². The third-order valence-electron chi connectivity index (χ3n) is 3.24. The fourth-order valence-electron chi connectivity index (χ4n) is 2.28. The number of para-hydroxylation sites is 1. The van der Waals surface area contributed by atoms with Gasteiger partial charge in [0, 0.05) is 5.56 Å². The number of carbonyl (C=O) groups is 1. The van der Waals surface area contributed by atoms with Crippen LogP contribution in [0.1, 0.15) is 22.8 Å². The fraction of sp³-hybridized carbons (Fsp3) is 0.235. The number of carbonyl (C=O) groups excluding carboxylic acids is 1. The lowest BCUT2D eigenvalue weighted by atomic mass is 10.0. The summed E-state index contributed by atoms with van der Waals surface area (Å²) in [4.78, 5) is 12.7. The van der Waals surface area contributed by atoms with Gasteiger partial charge >= 0.3 is 0 Å². The van der Waals surface area contributed by atoms with E-state index in [-0.39, 0.29) is 5.78 Å². The van der Waals surface area contributed by atoms with Gasteiger partial charge < -0.3 is 14.2 Å². The van der Waals surface area contributed by atoms with E-state index < -0.39 is 0 Å². The molecule has 0 spiro atoms. The minimum atomic E-state index is -0.0870. The zero-order chi connectivity index (χ0) is 14.7. The topological polar surface area (TPSA) is 44.8 Å². The van der Waals surface area contributed by atoms with E-state index in [0.29, 0.717) is 48.2 Å². The van der Waals surface area contributed by atoms with Crippen molar-refractivity contribution in [2.45, 2.75) is 6.92 Å². The Balaban J connectivity index is 1.95. The molecule has 108 valence electrons. The fourth-order valence-corrected chi connectivity index (χ4v) is 2.28. The van der Waals surface area contributed by atoms with Crippen molar-refractivity contribution in [3.8, 4) is 17.2 Å².